The standard InChI is InChI=1S/C27H47O8P/c1-17(6-9-24(28)34-16-35-36(29,30)31)20-7-8-21-25-22(11-13-27(20,21)3)26(2)12-10-19(32-4)14-18(26)15-23(25)33-5/h17-23,25H,6-16H2,1-5H3,(H2,29,30,31). The Morgan fingerprint density at radius 1 is 1.00 bits per heavy atom. The van der Waals surface area contributed by atoms with Gasteiger partial charge in [-0.2, -0.15) is 0 Å². The molecule has 0 saturated heterocycles. The molecule has 208 valence electrons. The van der Waals surface area contributed by atoms with Crippen molar-refractivity contribution in [1.82, 2.24) is 0 Å². The van der Waals surface area contributed by atoms with Gasteiger partial charge in [0, 0.05) is 20.6 Å². The second kappa shape index (κ2) is 10.9. The van der Waals surface area contributed by atoms with E-state index in [1.54, 1.807) is 0 Å². The first-order chi connectivity index (χ1) is 16.9. The summed E-state index contributed by atoms with van der Waals surface area (Å²) in [5.74, 6) is 3.07. The van der Waals surface area contributed by atoms with Crippen LogP contribution in [0.25, 0.3) is 0 Å². The van der Waals surface area contributed by atoms with Gasteiger partial charge in [0.25, 0.3) is 0 Å². The van der Waals surface area contributed by atoms with Crippen LogP contribution in [0.3, 0.4) is 0 Å². The van der Waals surface area contributed by atoms with Crippen LogP contribution in [0.5, 0.6) is 0 Å². The lowest BCUT2D eigenvalue weighted by Gasteiger charge is -2.63. The zero-order valence-corrected chi connectivity index (χ0v) is 23.6. The highest BCUT2D eigenvalue weighted by Crippen LogP contribution is 2.68. The van der Waals surface area contributed by atoms with E-state index in [9.17, 15) is 9.36 Å². The van der Waals surface area contributed by atoms with E-state index < -0.39 is 20.6 Å². The fourth-order valence-corrected chi connectivity index (χ4v) is 9.57. The van der Waals surface area contributed by atoms with Crippen LogP contribution in [0.15, 0.2) is 0 Å². The third-order valence-electron chi connectivity index (χ3n) is 11.3. The first kappa shape index (κ1) is 28.5. The van der Waals surface area contributed by atoms with Crippen LogP contribution >= 0.6 is 7.82 Å². The van der Waals surface area contributed by atoms with E-state index in [4.69, 9.17) is 24.0 Å². The number of carbonyl (C=O) groups excluding carboxylic acids is 1. The highest BCUT2D eigenvalue weighted by molar-refractivity contribution is 7.46. The highest BCUT2D eigenvalue weighted by atomic mass is 31.2. The number of hydrogen-bond donors (Lipinski definition) is 2. The molecule has 0 amide bonds. The third kappa shape index (κ3) is 5.46. The van der Waals surface area contributed by atoms with E-state index in [0.717, 1.165) is 12.8 Å². The minimum atomic E-state index is -4.64. The van der Waals surface area contributed by atoms with Gasteiger partial charge in [-0.25, -0.2) is 9.09 Å². The molecular weight excluding hydrogens is 483 g/mol. The Hall–Kier alpha value is -0.500. The molecule has 0 bridgehead atoms. The molecule has 4 fully saturated rings. The van der Waals surface area contributed by atoms with Crippen molar-refractivity contribution in [2.24, 2.45) is 46.3 Å². The Labute approximate surface area is 216 Å². The van der Waals surface area contributed by atoms with Gasteiger partial charge in [-0.15, -0.1) is 0 Å². The van der Waals surface area contributed by atoms with E-state index in [1.165, 1.54) is 38.5 Å². The summed E-state index contributed by atoms with van der Waals surface area (Å²) in [6.45, 7) is 6.60. The SMILES string of the molecule is COC1CCC2(C)C(C1)CC(OC)C1C2CCC2(C)C(C(C)CCC(=O)OCOP(=O)(O)O)CCC12. The maximum absolute atomic E-state index is 12.1. The Bertz CT molecular complexity index is 831. The van der Waals surface area contributed by atoms with Gasteiger partial charge in [-0.05, 0) is 104 Å². The molecule has 0 aromatic rings. The van der Waals surface area contributed by atoms with Crippen molar-refractivity contribution < 1.29 is 37.9 Å². The molecule has 0 aliphatic heterocycles. The Balaban J connectivity index is 1.41. The first-order valence-corrected chi connectivity index (χ1v) is 15.4. The molecule has 0 heterocycles. The summed E-state index contributed by atoms with van der Waals surface area (Å²) in [5.41, 5.74) is 0.621. The van der Waals surface area contributed by atoms with Crippen LogP contribution in [-0.4, -0.2) is 49.0 Å². The number of rotatable bonds is 9. The average molecular weight is 531 g/mol. The quantitative estimate of drug-likeness (QED) is 0.234. The van der Waals surface area contributed by atoms with Crippen LogP contribution in [0, 0.1) is 46.3 Å². The summed E-state index contributed by atoms with van der Waals surface area (Å²) < 4.78 is 31.9. The zero-order valence-electron chi connectivity index (χ0n) is 22.7. The summed E-state index contributed by atoms with van der Waals surface area (Å²) >= 11 is 0. The molecule has 10 atom stereocenters. The zero-order chi connectivity index (χ0) is 26.3. The predicted molar refractivity (Wildman–Crippen MR) is 135 cm³/mol. The van der Waals surface area contributed by atoms with Gasteiger partial charge in [-0.3, -0.25) is 4.79 Å². The van der Waals surface area contributed by atoms with Crippen LogP contribution < -0.4 is 0 Å². The van der Waals surface area contributed by atoms with Gasteiger partial charge in [0.1, 0.15) is 0 Å². The summed E-state index contributed by atoms with van der Waals surface area (Å²) in [6.07, 6.45) is 11.3. The normalized spacial score (nSPS) is 43.2. The fourth-order valence-electron chi connectivity index (χ4n) is 9.38. The number of esters is 1. The van der Waals surface area contributed by atoms with Crippen LogP contribution in [0.1, 0.15) is 85.0 Å². The largest absolute Gasteiger partial charge is 0.472 e. The van der Waals surface area contributed by atoms with E-state index in [2.05, 4.69) is 25.3 Å². The minimum Gasteiger partial charge on any atom is -0.438 e. The maximum atomic E-state index is 12.1. The van der Waals surface area contributed by atoms with Gasteiger partial charge in [-0.1, -0.05) is 20.8 Å². The number of phosphoric ester groups is 1. The molecule has 0 aromatic heterocycles. The van der Waals surface area contributed by atoms with Crippen LogP contribution in [-0.2, 0) is 28.1 Å². The van der Waals surface area contributed by atoms with Crippen molar-refractivity contribution in [2.75, 3.05) is 21.0 Å². The lowest BCUT2D eigenvalue weighted by atomic mass is 9.43. The molecule has 0 aromatic carbocycles. The van der Waals surface area contributed by atoms with Gasteiger partial charge in [0.15, 0.2) is 0 Å². The average Bonchev–Trinajstić information content (AvgIpc) is 3.18. The number of methoxy groups -OCH3 is 2. The first-order valence-electron chi connectivity index (χ1n) is 13.8. The lowest BCUT2D eigenvalue weighted by molar-refractivity contribution is -0.183. The van der Waals surface area contributed by atoms with Crippen molar-refractivity contribution in [3.05, 3.63) is 0 Å². The topological polar surface area (TPSA) is 112 Å². The molecule has 2 N–H and O–H groups in total. The van der Waals surface area contributed by atoms with Gasteiger partial charge < -0.3 is 24.0 Å². The second-order valence-corrected chi connectivity index (χ2v) is 13.9. The summed E-state index contributed by atoms with van der Waals surface area (Å²) in [5, 5.41) is 0. The molecule has 10 unspecified atom stereocenters. The third-order valence-corrected chi connectivity index (χ3v) is 11.7. The second-order valence-electron chi connectivity index (χ2n) is 12.6. The Morgan fingerprint density at radius 2 is 1.69 bits per heavy atom. The van der Waals surface area contributed by atoms with E-state index in [-0.39, 0.29) is 11.8 Å². The number of ether oxygens (including phenoxy) is 3. The lowest BCUT2D eigenvalue weighted by Crippen LogP contribution is -2.59. The molecule has 8 nitrogen and oxygen atoms in total. The fraction of sp³-hybridized carbons (Fsp3) is 0.963. The highest BCUT2D eigenvalue weighted by Gasteiger charge is 2.63. The van der Waals surface area contributed by atoms with Crippen molar-refractivity contribution in [2.45, 2.75) is 97.2 Å². The van der Waals surface area contributed by atoms with E-state index in [1.807, 2.05) is 14.2 Å². The Kier molecular flexibility index (Phi) is 8.66. The predicted octanol–water partition coefficient (Wildman–Crippen LogP) is 5.31. The Morgan fingerprint density at radius 3 is 2.36 bits per heavy atom. The summed E-state index contributed by atoms with van der Waals surface area (Å²) in [6, 6.07) is 0. The number of hydrogen-bond acceptors (Lipinski definition) is 6. The molecule has 0 radical (unpaired) electrons. The van der Waals surface area contributed by atoms with Gasteiger partial charge >= 0.3 is 13.8 Å². The molecule has 4 saturated carbocycles. The molecule has 4 aliphatic rings. The molecule has 4 aliphatic carbocycles. The minimum absolute atomic E-state index is 0.232. The molecule has 36 heavy (non-hydrogen) atoms. The van der Waals surface area contributed by atoms with Crippen molar-refractivity contribution in [3.63, 3.8) is 0 Å². The molecule has 0 spiro atoms. The number of phosphoric acid groups is 1. The smallest absolute Gasteiger partial charge is 0.438 e. The van der Waals surface area contributed by atoms with Crippen LogP contribution in [0.2, 0.25) is 0 Å². The van der Waals surface area contributed by atoms with Crippen molar-refractivity contribution in [1.29, 1.82) is 0 Å². The van der Waals surface area contributed by atoms with E-state index in [0.29, 0.717) is 59.6 Å². The molecule has 4 rings (SSSR count). The van der Waals surface area contributed by atoms with Gasteiger partial charge in [0.2, 0.25) is 6.79 Å². The van der Waals surface area contributed by atoms with Gasteiger partial charge in [0.05, 0.1) is 12.2 Å². The van der Waals surface area contributed by atoms with Crippen molar-refractivity contribution >= 4 is 13.8 Å². The molecular formula is C27H47O8P. The summed E-state index contributed by atoms with van der Waals surface area (Å²) in [4.78, 5) is 29.6. The monoisotopic (exact) mass is 530 g/mol. The number of fused-ring (bicyclic) bond motifs is 5. The number of carbonyl (C=O) groups is 1. The maximum Gasteiger partial charge on any atom is 0.472 e. The summed E-state index contributed by atoms with van der Waals surface area (Å²) in [7, 11) is -0.873. The van der Waals surface area contributed by atoms with Crippen LogP contribution in [0.4, 0.5) is 0 Å². The van der Waals surface area contributed by atoms with E-state index >= 15 is 0 Å². The van der Waals surface area contributed by atoms with Crippen molar-refractivity contribution in [3.8, 4) is 0 Å². The molecule has 9 heteroatoms.